The third-order valence-corrected chi connectivity index (χ3v) is 8.34. The maximum atomic E-state index is 12.4. The Kier molecular flexibility index (Phi) is 12.6. The molecular formula is C38H47NO5. The fourth-order valence-corrected chi connectivity index (χ4v) is 5.77. The molecule has 4 rings (SSSR count). The first-order valence-electron chi connectivity index (χ1n) is 16.1. The van der Waals surface area contributed by atoms with Crippen LogP contribution in [0, 0.1) is 5.92 Å². The van der Waals surface area contributed by atoms with Crippen LogP contribution in [-0.4, -0.2) is 34.3 Å². The van der Waals surface area contributed by atoms with Gasteiger partial charge in [-0.2, -0.15) is 0 Å². The van der Waals surface area contributed by atoms with Crippen LogP contribution in [0.25, 0.3) is 17.2 Å². The van der Waals surface area contributed by atoms with E-state index < -0.39 is 0 Å². The van der Waals surface area contributed by atoms with Crippen LogP contribution in [0.15, 0.2) is 65.7 Å². The number of carbonyl (C=O) groups excluding carboxylic acids is 1. The fraction of sp³-hybridized carbons (Fsp3) is 0.421. The number of hydrogen-bond acceptors (Lipinski definition) is 6. The molecule has 1 atom stereocenters. The zero-order chi connectivity index (χ0) is 31.3. The summed E-state index contributed by atoms with van der Waals surface area (Å²) in [5.74, 6) is 1.46. The molecule has 0 fully saturated rings. The summed E-state index contributed by atoms with van der Waals surface area (Å²) in [5.41, 5.74) is 4.42. The van der Waals surface area contributed by atoms with Crippen LogP contribution >= 0.6 is 0 Å². The summed E-state index contributed by atoms with van der Waals surface area (Å²) in [6.07, 6.45) is 15.7. The molecule has 1 aliphatic heterocycles. The van der Waals surface area contributed by atoms with Crippen molar-refractivity contribution >= 4 is 11.9 Å². The Hall–Kier alpha value is -3.90. The van der Waals surface area contributed by atoms with Gasteiger partial charge in [0, 0.05) is 18.4 Å². The first kappa shape index (κ1) is 33.0. The van der Waals surface area contributed by atoms with E-state index in [1.54, 1.807) is 30.3 Å². The van der Waals surface area contributed by atoms with Crippen molar-refractivity contribution in [1.29, 1.82) is 0 Å². The van der Waals surface area contributed by atoms with Gasteiger partial charge in [-0.25, -0.2) is 0 Å². The van der Waals surface area contributed by atoms with Crippen LogP contribution in [0.4, 0.5) is 0 Å². The van der Waals surface area contributed by atoms with Crippen molar-refractivity contribution < 1.29 is 24.9 Å². The molecule has 0 bridgehead atoms. The SMILES string of the molecule is CCCCC[C@H](C)CCC/C=C/C(=O)CCc1ccc(O)c(OCCc2ccc(O)cc2-c2cc(CO)c3c(c2)=CCN=3)c1. The summed E-state index contributed by atoms with van der Waals surface area (Å²) < 4.78 is 6.00. The topological polar surface area (TPSA) is 99.4 Å². The van der Waals surface area contributed by atoms with Crippen molar-refractivity contribution in [2.24, 2.45) is 10.9 Å². The average molecular weight is 598 g/mol. The molecule has 234 valence electrons. The Morgan fingerprint density at radius 2 is 1.84 bits per heavy atom. The predicted octanol–water partition coefficient (Wildman–Crippen LogP) is 6.74. The van der Waals surface area contributed by atoms with E-state index >= 15 is 0 Å². The normalized spacial score (nSPS) is 13.0. The van der Waals surface area contributed by atoms with Gasteiger partial charge >= 0.3 is 0 Å². The highest BCUT2D eigenvalue weighted by atomic mass is 16.5. The Morgan fingerprint density at radius 1 is 1.00 bits per heavy atom. The molecule has 1 aliphatic rings. The lowest BCUT2D eigenvalue weighted by atomic mass is 9.95. The smallest absolute Gasteiger partial charge is 0.161 e. The summed E-state index contributed by atoms with van der Waals surface area (Å²) in [6, 6.07) is 14.4. The zero-order valence-corrected chi connectivity index (χ0v) is 26.2. The van der Waals surface area contributed by atoms with Gasteiger partial charge in [-0.05, 0) is 95.1 Å². The maximum Gasteiger partial charge on any atom is 0.161 e. The molecule has 44 heavy (non-hydrogen) atoms. The third kappa shape index (κ3) is 9.55. The first-order chi connectivity index (χ1) is 21.4. The predicted molar refractivity (Wildman–Crippen MR) is 177 cm³/mol. The molecule has 0 aliphatic carbocycles. The lowest BCUT2D eigenvalue weighted by molar-refractivity contribution is -0.114. The Balaban J connectivity index is 1.29. The van der Waals surface area contributed by atoms with Gasteiger partial charge < -0.3 is 20.1 Å². The minimum Gasteiger partial charge on any atom is -0.508 e. The minimum atomic E-state index is -0.110. The van der Waals surface area contributed by atoms with Gasteiger partial charge in [-0.3, -0.25) is 9.79 Å². The highest BCUT2D eigenvalue weighted by Gasteiger charge is 2.12. The lowest BCUT2D eigenvalue weighted by Crippen LogP contribution is -2.26. The molecule has 0 amide bonds. The van der Waals surface area contributed by atoms with E-state index in [2.05, 4.69) is 18.8 Å². The van der Waals surface area contributed by atoms with Gasteiger partial charge in [0.25, 0.3) is 0 Å². The minimum absolute atomic E-state index is 0.0559. The molecule has 1 heterocycles. The quantitative estimate of drug-likeness (QED) is 0.111. The van der Waals surface area contributed by atoms with Gasteiger partial charge in [0.2, 0.25) is 0 Å². The number of phenols is 2. The molecule has 0 aromatic heterocycles. The number of carbonyl (C=O) groups is 1. The van der Waals surface area contributed by atoms with Crippen LogP contribution < -0.4 is 15.3 Å². The van der Waals surface area contributed by atoms with E-state index in [1.807, 2.05) is 36.4 Å². The second kappa shape index (κ2) is 16.8. The highest BCUT2D eigenvalue weighted by molar-refractivity contribution is 5.89. The van der Waals surface area contributed by atoms with Crippen molar-refractivity contribution in [2.45, 2.75) is 84.7 Å². The van der Waals surface area contributed by atoms with Crippen molar-refractivity contribution in [2.75, 3.05) is 13.2 Å². The van der Waals surface area contributed by atoms with E-state index in [0.717, 1.165) is 57.2 Å². The number of unbranched alkanes of at least 4 members (excludes halogenated alkanes) is 3. The number of ether oxygens (including phenoxy) is 1. The number of fused-ring (bicyclic) bond motifs is 1. The standard InChI is InChI=1S/C38H47NO5/c1-3-4-6-9-27(2)10-7-5-8-11-33(41)15-12-28-13-17-36(43)37(22-28)44-21-19-29-14-16-34(42)25-35(29)31-23-30-18-20-39-38(30)32(24-31)26-40/h8,11,13-14,16-18,22-25,27,40,42-43H,3-7,9-10,12,15,19-21,26H2,1-2H3/b11-8+/t27-/m0/s1. The largest absolute Gasteiger partial charge is 0.508 e. The van der Waals surface area contributed by atoms with E-state index in [0.29, 0.717) is 38.2 Å². The van der Waals surface area contributed by atoms with Crippen molar-refractivity contribution in [3.8, 4) is 28.4 Å². The van der Waals surface area contributed by atoms with Crippen LogP contribution in [-0.2, 0) is 24.2 Å². The molecule has 0 radical (unpaired) electrons. The molecular weight excluding hydrogens is 550 g/mol. The lowest BCUT2D eigenvalue weighted by Gasteiger charge is -2.14. The number of aliphatic hydroxyl groups excluding tert-OH is 1. The van der Waals surface area contributed by atoms with Crippen molar-refractivity contribution in [3.63, 3.8) is 0 Å². The van der Waals surface area contributed by atoms with Crippen molar-refractivity contribution in [1.82, 2.24) is 0 Å². The second-order valence-corrected chi connectivity index (χ2v) is 11.9. The number of aryl methyl sites for hydroxylation is 1. The van der Waals surface area contributed by atoms with Crippen LogP contribution in [0.1, 0.15) is 81.9 Å². The summed E-state index contributed by atoms with van der Waals surface area (Å²) >= 11 is 0. The number of aliphatic hydroxyl groups is 1. The fourth-order valence-electron chi connectivity index (χ4n) is 5.77. The molecule has 3 aromatic carbocycles. The molecule has 0 unspecified atom stereocenters. The number of nitrogens with zero attached hydrogens (tertiary/aromatic N) is 1. The molecule has 0 spiro atoms. The van der Waals surface area contributed by atoms with Crippen LogP contribution in [0.5, 0.6) is 17.2 Å². The maximum absolute atomic E-state index is 12.4. The first-order valence-corrected chi connectivity index (χ1v) is 16.1. The number of phenolic OH excluding ortho intramolecular Hbond substituents is 2. The third-order valence-electron chi connectivity index (χ3n) is 8.34. The molecule has 0 saturated carbocycles. The summed E-state index contributed by atoms with van der Waals surface area (Å²) in [7, 11) is 0. The monoisotopic (exact) mass is 597 g/mol. The molecule has 3 aromatic rings. The number of hydrogen-bond donors (Lipinski definition) is 3. The molecule has 6 heteroatoms. The Labute approximate surface area is 261 Å². The Morgan fingerprint density at radius 3 is 2.66 bits per heavy atom. The summed E-state index contributed by atoms with van der Waals surface area (Å²) in [6.45, 7) is 5.36. The highest BCUT2D eigenvalue weighted by Crippen LogP contribution is 2.30. The van der Waals surface area contributed by atoms with Gasteiger partial charge in [0.05, 0.1) is 25.1 Å². The summed E-state index contributed by atoms with van der Waals surface area (Å²) in [4.78, 5) is 16.9. The molecule has 3 N–H and O–H groups in total. The number of ketones is 1. The number of aromatic hydroxyl groups is 2. The van der Waals surface area contributed by atoms with E-state index in [-0.39, 0.29) is 23.9 Å². The molecule has 0 saturated heterocycles. The van der Waals surface area contributed by atoms with Gasteiger partial charge in [-0.1, -0.05) is 70.2 Å². The van der Waals surface area contributed by atoms with E-state index in [1.165, 1.54) is 32.1 Å². The van der Waals surface area contributed by atoms with Gasteiger partial charge in [-0.15, -0.1) is 0 Å². The summed E-state index contributed by atoms with van der Waals surface area (Å²) in [5, 5.41) is 32.4. The number of allylic oxidation sites excluding steroid dienone is 2. The zero-order valence-electron chi connectivity index (χ0n) is 26.2. The molecule has 6 nitrogen and oxygen atoms in total. The van der Waals surface area contributed by atoms with E-state index in [4.69, 9.17) is 4.74 Å². The second-order valence-electron chi connectivity index (χ2n) is 11.9. The number of rotatable bonds is 18. The Bertz CT molecular complexity index is 1560. The van der Waals surface area contributed by atoms with Crippen LogP contribution in [0.2, 0.25) is 0 Å². The van der Waals surface area contributed by atoms with Crippen LogP contribution in [0.3, 0.4) is 0 Å². The van der Waals surface area contributed by atoms with E-state index in [9.17, 15) is 20.1 Å². The van der Waals surface area contributed by atoms with Crippen molar-refractivity contribution in [3.05, 3.63) is 87.9 Å². The van der Waals surface area contributed by atoms with Gasteiger partial charge in [0.15, 0.2) is 17.3 Å². The average Bonchev–Trinajstić information content (AvgIpc) is 3.50. The number of benzene rings is 3. The van der Waals surface area contributed by atoms with Gasteiger partial charge in [0.1, 0.15) is 5.75 Å².